The monoisotopic (exact) mass is 362 g/mol. The molecule has 0 bridgehead atoms. The van der Waals surface area contributed by atoms with Crippen molar-refractivity contribution in [2.24, 2.45) is 0 Å². The van der Waals surface area contributed by atoms with Crippen LogP contribution in [0.2, 0.25) is 0 Å². The molecule has 2 amide bonds. The third kappa shape index (κ3) is 4.08. The number of nitrogens with zero attached hydrogens (tertiary/aromatic N) is 2. The van der Waals surface area contributed by atoms with Crippen LogP contribution in [-0.2, 0) is 9.53 Å². The molecule has 2 atom stereocenters. The predicted molar refractivity (Wildman–Crippen MR) is 95.6 cm³/mol. The van der Waals surface area contributed by atoms with Crippen LogP contribution in [0.5, 0.6) is 5.75 Å². The summed E-state index contributed by atoms with van der Waals surface area (Å²) in [6.07, 6.45) is 0.378. The topological polar surface area (TPSA) is 83.1 Å². The van der Waals surface area contributed by atoms with E-state index in [-0.39, 0.29) is 24.1 Å². The van der Waals surface area contributed by atoms with Gasteiger partial charge in [-0.3, -0.25) is 4.79 Å². The van der Waals surface area contributed by atoms with Gasteiger partial charge in [0.05, 0.1) is 13.7 Å². The summed E-state index contributed by atoms with van der Waals surface area (Å²) in [5.74, 6) is 0.879. The highest BCUT2D eigenvalue weighted by atomic mass is 16.6. The average molecular weight is 362 g/mol. The molecule has 142 valence electrons. The Bertz CT molecular complexity index is 629. The standard InChI is InChI=1S/C18H26N4O4/c1-3-26-18(24)22-10-8-21(9-11-22)17(23)16-12-15(19-20-16)13-4-6-14(25-2)7-5-13/h4-7,15-16,19-20H,3,8-12H2,1-2H3. The molecular weight excluding hydrogens is 336 g/mol. The van der Waals surface area contributed by atoms with Crippen molar-refractivity contribution in [3.05, 3.63) is 29.8 Å². The smallest absolute Gasteiger partial charge is 0.409 e. The lowest BCUT2D eigenvalue weighted by atomic mass is 10.0. The average Bonchev–Trinajstić information content (AvgIpc) is 3.18. The lowest BCUT2D eigenvalue weighted by Crippen LogP contribution is -2.54. The molecule has 2 aliphatic rings. The van der Waals surface area contributed by atoms with E-state index in [1.54, 1.807) is 18.9 Å². The number of nitrogens with one attached hydrogen (secondary N) is 2. The number of methoxy groups -OCH3 is 1. The third-order valence-electron chi connectivity index (χ3n) is 4.84. The number of rotatable bonds is 4. The van der Waals surface area contributed by atoms with Crippen LogP contribution in [-0.4, -0.2) is 67.7 Å². The van der Waals surface area contributed by atoms with E-state index in [1.807, 2.05) is 29.2 Å². The predicted octanol–water partition coefficient (Wildman–Crippen LogP) is 0.904. The van der Waals surface area contributed by atoms with Gasteiger partial charge in [-0.1, -0.05) is 12.1 Å². The Morgan fingerprint density at radius 3 is 2.35 bits per heavy atom. The Labute approximate surface area is 153 Å². The summed E-state index contributed by atoms with van der Waals surface area (Å²) in [5, 5.41) is 0. The van der Waals surface area contributed by atoms with Crippen LogP contribution in [0, 0.1) is 0 Å². The maximum absolute atomic E-state index is 12.7. The zero-order valence-corrected chi connectivity index (χ0v) is 15.2. The summed E-state index contributed by atoms with van der Waals surface area (Å²) in [6.45, 7) is 4.23. The van der Waals surface area contributed by atoms with Crippen LogP contribution >= 0.6 is 0 Å². The first-order chi connectivity index (χ1) is 12.6. The van der Waals surface area contributed by atoms with Gasteiger partial charge in [0.25, 0.3) is 0 Å². The normalized spacial score (nSPS) is 23.0. The van der Waals surface area contributed by atoms with Gasteiger partial charge in [0.1, 0.15) is 11.8 Å². The van der Waals surface area contributed by atoms with Gasteiger partial charge in [0.15, 0.2) is 0 Å². The van der Waals surface area contributed by atoms with Crippen molar-refractivity contribution in [3.63, 3.8) is 0 Å². The fraction of sp³-hybridized carbons (Fsp3) is 0.556. The largest absolute Gasteiger partial charge is 0.497 e. The van der Waals surface area contributed by atoms with Crippen molar-refractivity contribution < 1.29 is 19.1 Å². The Hall–Kier alpha value is -2.32. The molecule has 26 heavy (non-hydrogen) atoms. The van der Waals surface area contributed by atoms with Gasteiger partial charge in [0.2, 0.25) is 5.91 Å². The van der Waals surface area contributed by atoms with E-state index < -0.39 is 0 Å². The quantitative estimate of drug-likeness (QED) is 0.828. The molecule has 0 spiro atoms. The van der Waals surface area contributed by atoms with Crippen LogP contribution in [0.1, 0.15) is 24.9 Å². The minimum atomic E-state index is -0.306. The molecule has 2 fully saturated rings. The second kappa shape index (κ2) is 8.37. The van der Waals surface area contributed by atoms with Crippen LogP contribution in [0.3, 0.4) is 0 Å². The van der Waals surface area contributed by atoms with Crippen LogP contribution in [0.4, 0.5) is 4.79 Å². The molecule has 2 unspecified atom stereocenters. The molecule has 3 rings (SSSR count). The second-order valence-electron chi connectivity index (χ2n) is 6.41. The first-order valence-corrected chi connectivity index (χ1v) is 8.98. The van der Waals surface area contributed by atoms with Crippen molar-refractivity contribution in [2.45, 2.75) is 25.4 Å². The molecule has 1 aromatic rings. The second-order valence-corrected chi connectivity index (χ2v) is 6.41. The molecule has 2 saturated heterocycles. The van der Waals surface area contributed by atoms with Gasteiger partial charge in [-0.15, -0.1) is 0 Å². The van der Waals surface area contributed by atoms with E-state index in [1.165, 1.54) is 0 Å². The van der Waals surface area contributed by atoms with Gasteiger partial charge >= 0.3 is 6.09 Å². The van der Waals surface area contributed by atoms with Crippen molar-refractivity contribution in [1.29, 1.82) is 0 Å². The minimum absolute atomic E-state index is 0.0667. The zero-order valence-electron chi connectivity index (χ0n) is 15.2. The SMILES string of the molecule is CCOC(=O)N1CCN(C(=O)C2CC(c3ccc(OC)cc3)NN2)CC1. The number of hydrogen-bond donors (Lipinski definition) is 2. The summed E-state index contributed by atoms with van der Waals surface area (Å²) in [5.41, 5.74) is 7.42. The number of benzene rings is 1. The highest BCUT2D eigenvalue weighted by molar-refractivity contribution is 5.82. The lowest BCUT2D eigenvalue weighted by molar-refractivity contribution is -0.134. The number of carbonyl (C=O) groups is 2. The maximum atomic E-state index is 12.7. The molecule has 2 N–H and O–H groups in total. The number of carbonyl (C=O) groups excluding carboxylic acids is 2. The molecule has 0 radical (unpaired) electrons. The van der Waals surface area contributed by atoms with Gasteiger partial charge in [-0.2, -0.15) is 0 Å². The number of hydrogen-bond acceptors (Lipinski definition) is 6. The van der Waals surface area contributed by atoms with Crippen LogP contribution < -0.4 is 15.6 Å². The number of piperazine rings is 1. The summed E-state index contributed by atoms with van der Waals surface area (Å²) < 4.78 is 10.2. The molecule has 8 heteroatoms. The van der Waals surface area contributed by atoms with Gasteiger partial charge in [-0.05, 0) is 31.0 Å². The first kappa shape index (κ1) is 18.5. The summed E-state index contributed by atoms with van der Waals surface area (Å²) in [4.78, 5) is 28.0. The fourth-order valence-corrected chi connectivity index (χ4v) is 3.32. The molecule has 1 aromatic carbocycles. The van der Waals surface area contributed by atoms with Crippen molar-refractivity contribution in [3.8, 4) is 5.75 Å². The van der Waals surface area contributed by atoms with Crippen LogP contribution in [0.15, 0.2) is 24.3 Å². The van der Waals surface area contributed by atoms with Gasteiger partial charge in [-0.25, -0.2) is 15.6 Å². The minimum Gasteiger partial charge on any atom is -0.497 e. The van der Waals surface area contributed by atoms with E-state index in [2.05, 4.69) is 10.9 Å². The molecule has 2 heterocycles. The Morgan fingerprint density at radius 2 is 1.73 bits per heavy atom. The molecular formula is C18H26N4O4. The van der Waals surface area contributed by atoms with E-state index in [0.717, 1.165) is 11.3 Å². The summed E-state index contributed by atoms with van der Waals surface area (Å²) in [6, 6.07) is 7.65. The molecule has 2 aliphatic heterocycles. The van der Waals surface area contributed by atoms with Crippen molar-refractivity contribution in [1.82, 2.24) is 20.7 Å². The Balaban J connectivity index is 1.51. The van der Waals surface area contributed by atoms with E-state index in [4.69, 9.17) is 9.47 Å². The number of hydrazine groups is 1. The molecule has 0 saturated carbocycles. The fourth-order valence-electron chi connectivity index (χ4n) is 3.32. The molecule has 0 aliphatic carbocycles. The lowest BCUT2D eigenvalue weighted by Gasteiger charge is -2.35. The first-order valence-electron chi connectivity index (χ1n) is 8.98. The highest BCUT2D eigenvalue weighted by Crippen LogP contribution is 2.25. The third-order valence-corrected chi connectivity index (χ3v) is 4.84. The summed E-state index contributed by atoms with van der Waals surface area (Å²) >= 11 is 0. The zero-order chi connectivity index (χ0) is 18.5. The van der Waals surface area contributed by atoms with Gasteiger partial charge < -0.3 is 19.3 Å². The maximum Gasteiger partial charge on any atom is 0.409 e. The van der Waals surface area contributed by atoms with E-state index >= 15 is 0 Å². The molecule has 0 aromatic heterocycles. The number of amides is 2. The summed E-state index contributed by atoms with van der Waals surface area (Å²) in [7, 11) is 1.64. The highest BCUT2D eigenvalue weighted by Gasteiger charge is 2.34. The van der Waals surface area contributed by atoms with Gasteiger partial charge in [0, 0.05) is 32.2 Å². The van der Waals surface area contributed by atoms with Crippen molar-refractivity contribution in [2.75, 3.05) is 39.9 Å². The molecule has 8 nitrogen and oxygen atoms in total. The van der Waals surface area contributed by atoms with Crippen LogP contribution in [0.25, 0.3) is 0 Å². The number of ether oxygens (including phenoxy) is 2. The Kier molecular flexibility index (Phi) is 5.95. The van der Waals surface area contributed by atoms with Crippen molar-refractivity contribution >= 4 is 12.0 Å². The van der Waals surface area contributed by atoms with E-state index in [9.17, 15) is 9.59 Å². The van der Waals surface area contributed by atoms with E-state index in [0.29, 0.717) is 39.2 Å². The Morgan fingerprint density at radius 1 is 1.08 bits per heavy atom.